The van der Waals surface area contributed by atoms with Crippen LogP contribution in [0.3, 0.4) is 0 Å². The minimum Gasteiger partial charge on any atom is -0.207 e. The van der Waals surface area contributed by atoms with Crippen LogP contribution < -0.4 is 4.72 Å². The van der Waals surface area contributed by atoms with Crippen molar-refractivity contribution in [2.45, 2.75) is 45.1 Å². The number of nitrogens with one attached hydrogen (secondary N) is 1. The van der Waals surface area contributed by atoms with Gasteiger partial charge in [-0.2, -0.15) is 0 Å². The van der Waals surface area contributed by atoms with Gasteiger partial charge in [0.1, 0.15) is 0 Å². The Bertz CT molecular complexity index is 473. The van der Waals surface area contributed by atoms with Crippen LogP contribution in [0.25, 0.3) is 0 Å². The molecule has 0 fully saturated rings. The molecular formula is C13H21NO2S. The molecule has 0 saturated heterocycles. The molecule has 0 spiro atoms. The van der Waals surface area contributed by atoms with Crippen molar-refractivity contribution in [2.24, 2.45) is 5.92 Å². The first-order chi connectivity index (χ1) is 7.65. The maximum absolute atomic E-state index is 12.2. The van der Waals surface area contributed by atoms with Crippen molar-refractivity contribution in [3.63, 3.8) is 0 Å². The highest BCUT2D eigenvalue weighted by atomic mass is 32.2. The fourth-order valence-corrected chi connectivity index (χ4v) is 2.78. The zero-order valence-corrected chi connectivity index (χ0v) is 11.9. The third-order valence-corrected chi connectivity index (χ3v) is 4.86. The first-order valence-electron chi connectivity index (χ1n) is 5.76. The van der Waals surface area contributed by atoms with E-state index in [4.69, 9.17) is 0 Å². The van der Waals surface area contributed by atoms with Gasteiger partial charge in [-0.15, -0.1) is 0 Å². The number of aryl methyl sites for hydroxylation is 1. The number of sulfonamides is 1. The molecule has 4 heteroatoms. The maximum atomic E-state index is 12.2. The van der Waals surface area contributed by atoms with Crippen molar-refractivity contribution in [2.75, 3.05) is 0 Å². The third kappa shape index (κ3) is 3.54. The Morgan fingerprint density at radius 3 is 2.00 bits per heavy atom. The van der Waals surface area contributed by atoms with E-state index >= 15 is 0 Å². The van der Waals surface area contributed by atoms with Gasteiger partial charge in [0, 0.05) is 5.54 Å². The van der Waals surface area contributed by atoms with Crippen LogP contribution >= 0.6 is 0 Å². The zero-order chi connectivity index (χ0) is 13.3. The fraction of sp³-hybridized carbons (Fsp3) is 0.538. The molecule has 0 aliphatic heterocycles. The Morgan fingerprint density at radius 1 is 1.12 bits per heavy atom. The van der Waals surface area contributed by atoms with Crippen LogP contribution in [0.4, 0.5) is 0 Å². The van der Waals surface area contributed by atoms with Crippen LogP contribution in [0, 0.1) is 12.8 Å². The van der Waals surface area contributed by atoms with Crippen molar-refractivity contribution < 1.29 is 8.42 Å². The molecular weight excluding hydrogens is 234 g/mol. The summed E-state index contributed by atoms with van der Waals surface area (Å²) in [7, 11) is -3.43. The SMILES string of the molecule is Cc1ccc(S(=O)(=O)NC(C)(C)C(C)C)cc1. The van der Waals surface area contributed by atoms with E-state index in [1.807, 2.05) is 34.6 Å². The van der Waals surface area contributed by atoms with Crippen LogP contribution in [0.15, 0.2) is 29.2 Å². The number of hydrogen-bond donors (Lipinski definition) is 1. The second-order valence-corrected chi connectivity index (χ2v) is 6.98. The van der Waals surface area contributed by atoms with Crippen LogP contribution in [0.1, 0.15) is 33.3 Å². The minimum atomic E-state index is -3.43. The Kier molecular flexibility index (Phi) is 3.99. The summed E-state index contributed by atoms with van der Waals surface area (Å²) >= 11 is 0. The van der Waals surface area contributed by atoms with Gasteiger partial charge in [0.15, 0.2) is 0 Å². The molecule has 0 unspecified atom stereocenters. The summed E-state index contributed by atoms with van der Waals surface area (Å²) in [6.07, 6.45) is 0. The van der Waals surface area contributed by atoms with Gasteiger partial charge in [-0.05, 0) is 38.8 Å². The van der Waals surface area contributed by atoms with Crippen molar-refractivity contribution >= 4 is 10.0 Å². The molecule has 0 amide bonds. The largest absolute Gasteiger partial charge is 0.241 e. The highest BCUT2D eigenvalue weighted by molar-refractivity contribution is 7.89. The predicted octanol–water partition coefficient (Wildman–Crippen LogP) is 2.71. The molecule has 0 aromatic heterocycles. The average molecular weight is 255 g/mol. The van der Waals surface area contributed by atoms with E-state index in [0.717, 1.165) is 5.56 Å². The topological polar surface area (TPSA) is 46.2 Å². The second kappa shape index (κ2) is 4.78. The first-order valence-corrected chi connectivity index (χ1v) is 7.24. The van der Waals surface area contributed by atoms with E-state index in [0.29, 0.717) is 4.90 Å². The van der Waals surface area contributed by atoms with E-state index in [2.05, 4.69) is 4.72 Å². The normalized spacial score (nSPS) is 13.1. The summed E-state index contributed by atoms with van der Waals surface area (Å²) in [6.45, 7) is 9.71. The molecule has 0 heterocycles. The van der Waals surface area contributed by atoms with Crippen molar-refractivity contribution in [3.05, 3.63) is 29.8 Å². The smallest absolute Gasteiger partial charge is 0.207 e. The number of benzene rings is 1. The quantitative estimate of drug-likeness (QED) is 0.899. The van der Waals surface area contributed by atoms with E-state index in [1.165, 1.54) is 0 Å². The molecule has 0 radical (unpaired) electrons. The van der Waals surface area contributed by atoms with Crippen molar-refractivity contribution in [1.82, 2.24) is 4.72 Å². The molecule has 1 aromatic carbocycles. The van der Waals surface area contributed by atoms with E-state index in [-0.39, 0.29) is 5.92 Å². The Hall–Kier alpha value is -0.870. The summed E-state index contributed by atoms with van der Waals surface area (Å²) in [4.78, 5) is 0.317. The summed E-state index contributed by atoms with van der Waals surface area (Å²) in [5, 5.41) is 0. The second-order valence-electron chi connectivity index (χ2n) is 5.29. The lowest BCUT2D eigenvalue weighted by Gasteiger charge is -2.30. The van der Waals surface area contributed by atoms with Crippen molar-refractivity contribution in [3.8, 4) is 0 Å². The Balaban J connectivity index is 3.01. The van der Waals surface area contributed by atoms with E-state index < -0.39 is 15.6 Å². The summed E-state index contributed by atoms with van der Waals surface area (Å²) in [5.41, 5.74) is 0.594. The van der Waals surface area contributed by atoms with Gasteiger partial charge in [0.2, 0.25) is 10.0 Å². The Morgan fingerprint density at radius 2 is 1.59 bits per heavy atom. The van der Waals surface area contributed by atoms with Gasteiger partial charge in [-0.1, -0.05) is 31.5 Å². The molecule has 0 atom stereocenters. The Labute approximate surface area is 104 Å². The van der Waals surface area contributed by atoms with Crippen LogP contribution in [0.5, 0.6) is 0 Å². The zero-order valence-electron chi connectivity index (χ0n) is 11.1. The molecule has 1 rings (SSSR count). The lowest BCUT2D eigenvalue weighted by atomic mass is 9.92. The summed E-state index contributed by atoms with van der Waals surface area (Å²) in [5.74, 6) is 0.225. The monoisotopic (exact) mass is 255 g/mol. The predicted molar refractivity (Wildman–Crippen MR) is 70.4 cm³/mol. The maximum Gasteiger partial charge on any atom is 0.241 e. The van der Waals surface area contributed by atoms with Gasteiger partial charge < -0.3 is 0 Å². The average Bonchev–Trinajstić information content (AvgIpc) is 2.16. The molecule has 0 saturated carbocycles. The summed E-state index contributed by atoms with van der Waals surface area (Å²) in [6, 6.07) is 6.87. The molecule has 0 aliphatic rings. The van der Waals surface area contributed by atoms with E-state index in [1.54, 1.807) is 24.3 Å². The fourth-order valence-electron chi connectivity index (χ4n) is 1.24. The lowest BCUT2D eigenvalue weighted by Crippen LogP contribution is -2.47. The standard InChI is InChI=1S/C13H21NO2S/c1-10(2)13(4,5)14-17(15,16)12-8-6-11(3)7-9-12/h6-10,14H,1-5H3. The first kappa shape index (κ1) is 14.2. The molecule has 0 aliphatic carbocycles. The van der Waals surface area contributed by atoms with Crippen LogP contribution in [-0.2, 0) is 10.0 Å². The molecule has 1 aromatic rings. The number of rotatable bonds is 4. The highest BCUT2D eigenvalue weighted by Gasteiger charge is 2.28. The molecule has 0 bridgehead atoms. The van der Waals surface area contributed by atoms with Crippen LogP contribution in [-0.4, -0.2) is 14.0 Å². The van der Waals surface area contributed by atoms with Gasteiger partial charge in [-0.3, -0.25) is 0 Å². The highest BCUT2D eigenvalue weighted by Crippen LogP contribution is 2.19. The lowest BCUT2D eigenvalue weighted by molar-refractivity contribution is 0.336. The number of hydrogen-bond acceptors (Lipinski definition) is 2. The van der Waals surface area contributed by atoms with Gasteiger partial charge in [0.05, 0.1) is 4.90 Å². The molecule has 96 valence electrons. The summed E-state index contributed by atoms with van der Waals surface area (Å²) < 4.78 is 27.0. The molecule has 17 heavy (non-hydrogen) atoms. The molecule has 3 nitrogen and oxygen atoms in total. The van der Waals surface area contributed by atoms with E-state index in [9.17, 15) is 8.42 Å². The van der Waals surface area contributed by atoms with Gasteiger partial charge in [0.25, 0.3) is 0 Å². The minimum absolute atomic E-state index is 0.225. The molecule has 1 N–H and O–H groups in total. The van der Waals surface area contributed by atoms with Gasteiger partial charge >= 0.3 is 0 Å². The van der Waals surface area contributed by atoms with Gasteiger partial charge in [-0.25, -0.2) is 13.1 Å². The third-order valence-electron chi connectivity index (χ3n) is 3.17. The van der Waals surface area contributed by atoms with Crippen molar-refractivity contribution in [1.29, 1.82) is 0 Å². The van der Waals surface area contributed by atoms with Crippen LogP contribution in [0.2, 0.25) is 0 Å².